The zero-order valence-electron chi connectivity index (χ0n) is 15.8. The fraction of sp³-hybridized carbons (Fsp3) is 0.684. The largest absolute Gasteiger partial charge is 0.468 e. The van der Waals surface area contributed by atoms with Crippen LogP contribution in [0, 0.1) is 5.92 Å². The van der Waals surface area contributed by atoms with E-state index in [9.17, 15) is 9.59 Å². The number of carbonyl (C=O) groups is 2. The molecule has 3 heterocycles. The van der Waals surface area contributed by atoms with E-state index in [1.54, 1.807) is 6.26 Å². The van der Waals surface area contributed by atoms with Crippen LogP contribution in [-0.2, 0) is 20.9 Å². The maximum Gasteiger partial charge on any atom is 0.309 e. The molecular weight excluding hydrogens is 348 g/mol. The Balaban J connectivity index is 1.26. The van der Waals surface area contributed by atoms with Crippen LogP contribution in [-0.4, -0.2) is 80.6 Å². The topological polar surface area (TPSA) is 87.0 Å². The van der Waals surface area contributed by atoms with Gasteiger partial charge < -0.3 is 19.8 Å². The minimum atomic E-state index is -0.543. The predicted octanol–water partition coefficient (Wildman–Crippen LogP) is 0.0562. The number of morpholine rings is 1. The second-order valence-electron chi connectivity index (χ2n) is 7.22. The number of hydrogen-bond donors (Lipinski definition) is 2. The van der Waals surface area contributed by atoms with Crippen molar-refractivity contribution in [3.8, 4) is 0 Å². The van der Waals surface area contributed by atoms with Gasteiger partial charge in [-0.15, -0.1) is 0 Å². The molecule has 8 nitrogen and oxygen atoms in total. The Kier molecular flexibility index (Phi) is 7.67. The van der Waals surface area contributed by atoms with Crippen molar-refractivity contribution in [2.45, 2.75) is 19.4 Å². The van der Waals surface area contributed by atoms with E-state index in [2.05, 4.69) is 20.4 Å². The van der Waals surface area contributed by atoms with Gasteiger partial charge in [0.1, 0.15) is 5.76 Å². The van der Waals surface area contributed by atoms with Crippen molar-refractivity contribution in [3.63, 3.8) is 0 Å². The average Bonchev–Trinajstić information content (AvgIpc) is 3.21. The monoisotopic (exact) mass is 378 g/mol. The molecule has 8 heteroatoms. The molecule has 2 aliphatic heterocycles. The van der Waals surface area contributed by atoms with Crippen LogP contribution < -0.4 is 10.6 Å². The number of piperidine rings is 1. The van der Waals surface area contributed by atoms with Crippen LogP contribution in [0.3, 0.4) is 0 Å². The fourth-order valence-corrected chi connectivity index (χ4v) is 3.52. The van der Waals surface area contributed by atoms with Crippen LogP contribution in [0.5, 0.6) is 0 Å². The number of carbonyl (C=O) groups excluding carboxylic acids is 2. The van der Waals surface area contributed by atoms with Gasteiger partial charge in [-0.2, -0.15) is 0 Å². The number of nitrogens with zero attached hydrogens (tertiary/aromatic N) is 2. The number of rotatable bonds is 7. The Hall–Kier alpha value is -1.90. The first-order valence-electron chi connectivity index (χ1n) is 9.81. The van der Waals surface area contributed by atoms with Gasteiger partial charge in [-0.3, -0.25) is 19.4 Å². The molecule has 1 aromatic rings. The Morgan fingerprint density at radius 2 is 1.78 bits per heavy atom. The lowest BCUT2D eigenvalue weighted by atomic mass is 9.96. The molecular formula is C19H30N4O4. The zero-order valence-corrected chi connectivity index (χ0v) is 15.8. The molecule has 2 saturated heterocycles. The number of hydrogen-bond acceptors (Lipinski definition) is 6. The summed E-state index contributed by atoms with van der Waals surface area (Å²) in [6.45, 7) is 7.79. The molecule has 0 saturated carbocycles. The van der Waals surface area contributed by atoms with E-state index >= 15 is 0 Å². The highest BCUT2D eigenvalue weighted by Gasteiger charge is 2.22. The summed E-state index contributed by atoms with van der Waals surface area (Å²) < 4.78 is 10.7. The lowest BCUT2D eigenvalue weighted by Gasteiger charge is -2.31. The smallest absolute Gasteiger partial charge is 0.309 e. The highest BCUT2D eigenvalue weighted by Crippen LogP contribution is 2.18. The van der Waals surface area contributed by atoms with Crippen molar-refractivity contribution >= 4 is 11.8 Å². The van der Waals surface area contributed by atoms with Crippen molar-refractivity contribution in [3.05, 3.63) is 24.2 Å². The number of furan rings is 1. The molecule has 1 aromatic heterocycles. The standard InChI is InChI=1S/C19H30N4O4/c24-18(20-5-8-22-9-12-26-13-10-22)19(25)21-14-16-3-6-23(7-4-16)15-17-2-1-11-27-17/h1-2,11,16H,3-10,12-15H2,(H,20,24)(H,21,25). The van der Waals surface area contributed by atoms with Crippen LogP contribution in [0.15, 0.2) is 22.8 Å². The van der Waals surface area contributed by atoms with E-state index < -0.39 is 11.8 Å². The Morgan fingerprint density at radius 1 is 1.04 bits per heavy atom. The minimum absolute atomic E-state index is 0.419. The fourth-order valence-electron chi connectivity index (χ4n) is 3.52. The summed E-state index contributed by atoms with van der Waals surface area (Å²) in [4.78, 5) is 28.4. The molecule has 0 unspecified atom stereocenters. The normalized spacial score (nSPS) is 19.7. The van der Waals surface area contributed by atoms with E-state index in [4.69, 9.17) is 9.15 Å². The first-order valence-corrected chi connectivity index (χ1v) is 9.81. The summed E-state index contributed by atoms with van der Waals surface area (Å²) in [5.41, 5.74) is 0. The lowest BCUT2D eigenvalue weighted by Crippen LogP contribution is -2.46. The Labute approximate surface area is 160 Å². The van der Waals surface area contributed by atoms with Crippen LogP contribution in [0.1, 0.15) is 18.6 Å². The van der Waals surface area contributed by atoms with Gasteiger partial charge in [0.25, 0.3) is 0 Å². The highest BCUT2D eigenvalue weighted by atomic mass is 16.5. The second-order valence-corrected chi connectivity index (χ2v) is 7.22. The van der Waals surface area contributed by atoms with Crippen LogP contribution in [0.2, 0.25) is 0 Å². The van der Waals surface area contributed by atoms with Crippen molar-refractivity contribution in [2.24, 2.45) is 5.92 Å². The van der Waals surface area contributed by atoms with Gasteiger partial charge in [0.2, 0.25) is 0 Å². The van der Waals surface area contributed by atoms with Crippen molar-refractivity contribution in [1.82, 2.24) is 20.4 Å². The molecule has 27 heavy (non-hydrogen) atoms. The van der Waals surface area contributed by atoms with Crippen LogP contribution >= 0.6 is 0 Å². The summed E-state index contributed by atoms with van der Waals surface area (Å²) >= 11 is 0. The Morgan fingerprint density at radius 3 is 2.48 bits per heavy atom. The van der Waals surface area contributed by atoms with Crippen molar-refractivity contribution in [1.29, 1.82) is 0 Å². The van der Waals surface area contributed by atoms with Gasteiger partial charge in [-0.1, -0.05) is 0 Å². The number of nitrogens with one attached hydrogen (secondary N) is 2. The first kappa shape index (κ1) is 19.9. The van der Waals surface area contributed by atoms with Gasteiger partial charge >= 0.3 is 11.8 Å². The maximum absolute atomic E-state index is 12.0. The van der Waals surface area contributed by atoms with E-state index in [0.717, 1.165) is 71.1 Å². The molecule has 0 bridgehead atoms. The highest BCUT2D eigenvalue weighted by molar-refractivity contribution is 6.35. The van der Waals surface area contributed by atoms with E-state index in [0.29, 0.717) is 19.0 Å². The van der Waals surface area contributed by atoms with Gasteiger partial charge in [-0.05, 0) is 44.0 Å². The molecule has 0 radical (unpaired) electrons. The van der Waals surface area contributed by atoms with Crippen molar-refractivity contribution < 1.29 is 18.7 Å². The third-order valence-electron chi connectivity index (χ3n) is 5.24. The summed E-state index contributed by atoms with van der Waals surface area (Å²) in [5, 5.41) is 5.48. The first-order chi connectivity index (χ1) is 13.2. The second kappa shape index (κ2) is 10.4. The number of ether oxygens (including phenoxy) is 1. The third kappa shape index (κ3) is 6.64. The quantitative estimate of drug-likeness (QED) is 0.653. The third-order valence-corrected chi connectivity index (χ3v) is 5.24. The summed E-state index contributed by atoms with van der Waals surface area (Å²) in [6, 6.07) is 3.90. The van der Waals surface area contributed by atoms with Gasteiger partial charge in [-0.25, -0.2) is 0 Å². The molecule has 0 spiro atoms. The molecule has 2 N–H and O–H groups in total. The van der Waals surface area contributed by atoms with E-state index in [1.807, 2.05) is 12.1 Å². The molecule has 2 fully saturated rings. The number of likely N-dealkylation sites (tertiary alicyclic amines) is 1. The molecule has 2 amide bonds. The molecule has 2 aliphatic rings. The molecule has 0 aliphatic carbocycles. The van der Waals surface area contributed by atoms with Crippen molar-refractivity contribution in [2.75, 3.05) is 59.0 Å². The number of amides is 2. The minimum Gasteiger partial charge on any atom is -0.468 e. The average molecular weight is 378 g/mol. The zero-order chi connectivity index (χ0) is 18.9. The summed E-state index contributed by atoms with van der Waals surface area (Å²) in [5.74, 6) is 0.326. The predicted molar refractivity (Wildman–Crippen MR) is 100.0 cm³/mol. The van der Waals surface area contributed by atoms with Gasteiger partial charge in [0.05, 0.1) is 26.0 Å². The molecule has 0 aromatic carbocycles. The van der Waals surface area contributed by atoms with E-state index in [-0.39, 0.29) is 0 Å². The Bertz CT molecular complexity index is 579. The van der Waals surface area contributed by atoms with Crippen LogP contribution in [0.25, 0.3) is 0 Å². The van der Waals surface area contributed by atoms with Gasteiger partial charge in [0.15, 0.2) is 0 Å². The van der Waals surface area contributed by atoms with Gasteiger partial charge in [0, 0.05) is 32.7 Å². The maximum atomic E-state index is 12.0. The summed E-state index contributed by atoms with van der Waals surface area (Å²) in [6.07, 6.45) is 3.73. The lowest BCUT2D eigenvalue weighted by molar-refractivity contribution is -0.139. The SMILES string of the molecule is O=C(NCCN1CCOCC1)C(=O)NCC1CCN(Cc2ccco2)CC1. The van der Waals surface area contributed by atoms with Crippen LogP contribution in [0.4, 0.5) is 0 Å². The van der Waals surface area contributed by atoms with E-state index in [1.165, 1.54) is 0 Å². The summed E-state index contributed by atoms with van der Waals surface area (Å²) in [7, 11) is 0. The molecule has 0 atom stereocenters. The molecule has 3 rings (SSSR count). The molecule has 150 valence electrons.